The molecule has 0 spiro atoms. The van der Waals surface area contributed by atoms with Crippen molar-refractivity contribution in [2.45, 2.75) is 140 Å². The first-order valence-electron chi connectivity index (χ1n) is 17.9. The lowest BCUT2D eigenvalue weighted by molar-refractivity contribution is -0.206. The second kappa shape index (κ2) is 20.8. The van der Waals surface area contributed by atoms with Gasteiger partial charge >= 0.3 is 11.7 Å². The molecule has 1 aromatic rings. The number of ether oxygens (including phenoxy) is 2. The Balaban J connectivity index is 1.55. The Hall–Kier alpha value is -2.62. The molecule has 0 radical (unpaired) electrons. The zero-order valence-corrected chi connectivity index (χ0v) is 29.1. The van der Waals surface area contributed by atoms with Crippen LogP contribution in [0.25, 0.3) is 0 Å². The molecule has 2 aliphatic heterocycles. The van der Waals surface area contributed by atoms with Crippen LogP contribution in [0.15, 0.2) is 21.9 Å². The van der Waals surface area contributed by atoms with E-state index in [9.17, 15) is 29.4 Å². The van der Waals surface area contributed by atoms with Gasteiger partial charge in [0.15, 0.2) is 6.23 Å². The van der Waals surface area contributed by atoms with E-state index in [1.54, 1.807) is 19.2 Å². The van der Waals surface area contributed by atoms with E-state index < -0.39 is 53.9 Å². The molecular formula is C34H59N5O9. The van der Waals surface area contributed by atoms with Gasteiger partial charge in [-0.25, -0.2) is 4.79 Å². The zero-order chi connectivity index (χ0) is 35.1. The summed E-state index contributed by atoms with van der Waals surface area (Å²) in [7, 11) is 3.17. The molecule has 0 aromatic carbocycles. The van der Waals surface area contributed by atoms with Gasteiger partial charge in [0.1, 0.15) is 31.0 Å². The highest BCUT2D eigenvalue weighted by molar-refractivity contribution is 5.80. The number of aliphatic hydroxyl groups excluding tert-OH is 2. The Bertz CT molecular complexity index is 1220. The van der Waals surface area contributed by atoms with Crippen molar-refractivity contribution in [3.8, 4) is 0 Å². The van der Waals surface area contributed by atoms with Crippen LogP contribution in [0.3, 0.4) is 0 Å². The van der Waals surface area contributed by atoms with Gasteiger partial charge in [-0.1, -0.05) is 84.0 Å². The first kappa shape index (κ1) is 39.8. The molecule has 0 aliphatic carbocycles. The van der Waals surface area contributed by atoms with E-state index in [1.165, 1.54) is 62.7 Å². The van der Waals surface area contributed by atoms with Crippen LogP contribution in [0.5, 0.6) is 0 Å². The van der Waals surface area contributed by atoms with Gasteiger partial charge in [0, 0.05) is 39.3 Å². The quantitative estimate of drug-likeness (QED) is 0.104. The molecule has 14 nitrogen and oxygen atoms in total. The van der Waals surface area contributed by atoms with Crippen LogP contribution in [-0.2, 0) is 23.9 Å². The van der Waals surface area contributed by atoms with Crippen molar-refractivity contribution in [2.75, 3.05) is 33.8 Å². The molecule has 2 fully saturated rings. The van der Waals surface area contributed by atoms with Crippen LogP contribution in [0.2, 0.25) is 0 Å². The molecule has 1 aromatic heterocycles. The Labute approximate surface area is 283 Å². The number of nitrogens with one attached hydrogen (secondary N) is 1. The van der Waals surface area contributed by atoms with Crippen molar-refractivity contribution in [3.05, 3.63) is 33.1 Å². The fourth-order valence-corrected chi connectivity index (χ4v) is 6.57. The zero-order valence-electron chi connectivity index (χ0n) is 29.1. The third kappa shape index (κ3) is 11.5. The number of esters is 1. The van der Waals surface area contributed by atoms with Gasteiger partial charge in [-0.05, 0) is 19.4 Å². The summed E-state index contributed by atoms with van der Waals surface area (Å²) in [5.74, 6) is -1.65. The number of unbranched alkanes of at least 4 members (excludes halogenated alkanes) is 12. The minimum atomic E-state index is -1.56. The van der Waals surface area contributed by atoms with Gasteiger partial charge in [-0.2, -0.15) is 5.06 Å². The number of hydrogen-bond acceptors (Lipinski definition) is 11. The van der Waals surface area contributed by atoms with E-state index in [4.69, 9.17) is 20.0 Å². The van der Waals surface area contributed by atoms with E-state index in [0.717, 1.165) is 42.5 Å². The number of hydroxylamine groups is 2. The number of aromatic amines is 1. The number of rotatable bonds is 22. The number of nitrogens with zero attached hydrogens (tertiary/aromatic N) is 3. The SMILES string of the molecule is CCCCCCCCCCCCCCCC(=O)OC[C@@H]1[C@H](C(=O)N(C)C)[C@@H]([C@H]2O[C@@H](n3ccc(=O)[nH]c3=O)[C@H](O)[C@@H]2O)ON1CCCN. The van der Waals surface area contributed by atoms with Crippen LogP contribution in [-0.4, -0.2) is 106 Å². The van der Waals surface area contributed by atoms with Crippen molar-refractivity contribution >= 4 is 11.9 Å². The maximum absolute atomic E-state index is 13.6. The minimum Gasteiger partial charge on any atom is -0.464 e. The molecule has 0 saturated carbocycles. The third-order valence-electron chi connectivity index (χ3n) is 9.33. The number of carbonyl (C=O) groups excluding carboxylic acids is 2. The number of H-pyrrole nitrogens is 1. The monoisotopic (exact) mass is 681 g/mol. The lowest BCUT2D eigenvalue weighted by atomic mass is 9.88. The van der Waals surface area contributed by atoms with Crippen LogP contribution in [0.4, 0.5) is 0 Å². The summed E-state index contributed by atoms with van der Waals surface area (Å²) in [6.45, 7) is 2.78. The first-order chi connectivity index (χ1) is 23.1. The number of aromatic nitrogens is 2. The van der Waals surface area contributed by atoms with Crippen molar-refractivity contribution in [3.63, 3.8) is 0 Å². The van der Waals surface area contributed by atoms with E-state index in [2.05, 4.69) is 11.9 Å². The van der Waals surface area contributed by atoms with Crippen molar-refractivity contribution in [1.29, 1.82) is 0 Å². The Morgan fingerprint density at radius 3 is 2.08 bits per heavy atom. The topological polar surface area (TPSA) is 190 Å². The average Bonchev–Trinajstić information content (AvgIpc) is 3.56. The molecule has 5 N–H and O–H groups in total. The lowest BCUT2D eigenvalue weighted by Gasteiger charge is -2.28. The summed E-state index contributed by atoms with van der Waals surface area (Å²) in [6.07, 6.45) is 10.9. The summed E-state index contributed by atoms with van der Waals surface area (Å²) in [5.41, 5.74) is 4.31. The fraction of sp³-hybridized carbons (Fsp3) is 0.824. The molecule has 2 saturated heterocycles. The molecular weight excluding hydrogens is 622 g/mol. The number of aliphatic hydroxyl groups is 2. The molecule has 48 heavy (non-hydrogen) atoms. The molecule has 14 heteroatoms. The summed E-state index contributed by atoms with van der Waals surface area (Å²) in [6, 6.07) is 0.383. The molecule has 274 valence electrons. The molecule has 7 atom stereocenters. The molecule has 0 unspecified atom stereocenters. The van der Waals surface area contributed by atoms with Gasteiger partial charge in [0.05, 0.1) is 12.0 Å². The maximum atomic E-state index is 13.6. The van der Waals surface area contributed by atoms with Crippen LogP contribution in [0.1, 0.15) is 109 Å². The van der Waals surface area contributed by atoms with E-state index in [1.807, 2.05) is 0 Å². The molecule has 1 amide bonds. The molecule has 3 rings (SSSR count). The Kier molecular flexibility index (Phi) is 17.2. The smallest absolute Gasteiger partial charge is 0.330 e. The highest BCUT2D eigenvalue weighted by atomic mass is 16.7. The second-order valence-electron chi connectivity index (χ2n) is 13.3. The largest absolute Gasteiger partial charge is 0.464 e. The van der Waals surface area contributed by atoms with E-state index in [0.29, 0.717) is 19.5 Å². The normalized spacial score (nSPS) is 25.8. The predicted molar refractivity (Wildman–Crippen MR) is 180 cm³/mol. The first-order valence-corrected chi connectivity index (χ1v) is 17.9. The second-order valence-corrected chi connectivity index (χ2v) is 13.3. The van der Waals surface area contributed by atoms with Gasteiger partial charge in [0.25, 0.3) is 5.56 Å². The lowest BCUT2D eigenvalue weighted by Crippen LogP contribution is -2.49. The molecule has 2 aliphatic rings. The molecule has 3 heterocycles. The van der Waals surface area contributed by atoms with E-state index >= 15 is 0 Å². The number of amides is 1. The summed E-state index contributed by atoms with van der Waals surface area (Å²) in [5, 5.41) is 23.5. The average molecular weight is 682 g/mol. The van der Waals surface area contributed by atoms with Crippen molar-refractivity contribution < 1.29 is 34.1 Å². The van der Waals surface area contributed by atoms with Gasteiger partial charge in [0.2, 0.25) is 5.91 Å². The minimum absolute atomic E-state index is 0.128. The van der Waals surface area contributed by atoms with Gasteiger partial charge in [-0.15, -0.1) is 0 Å². The summed E-state index contributed by atoms with van der Waals surface area (Å²) >= 11 is 0. The number of hydrogen-bond donors (Lipinski definition) is 4. The summed E-state index contributed by atoms with van der Waals surface area (Å²) in [4.78, 5) is 60.0. The van der Waals surface area contributed by atoms with Crippen molar-refractivity contribution in [1.82, 2.24) is 19.5 Å². The van der Waals surface area contributed by atoms with Crippen LogP contribution in [0, 0.1) is 5.92 Å². The third-order valence-corrected chi connectivity index (χ3v) is 9.33. The van der Waals surface area contributed by atoms with Gasteiger partial charge in [-0.3, -0.25) is 28.8 Å². The van der Waals surface area contributed by atoms with Crippen LogP contribution >= 0.6 is 0 Å². The highest BCUT2D eigenvalue weighted by Crippen LogP contribution is 2.39. The fourth-order valence-electron chi connectivity index (χ4n) is 6.57. The Morgan fingerprint density at radius 2 is 1.52 bits per heavy atom. The standard InChI is InChI=1S/C34H59N5O9/c1-4-5-6-7-8-9-10-11-12-13-14-15-16-18-26(41)46-23-24-27(32(44)37(2)3)30(48-39(24)21-17-20-35)31-28(42)29(43)33(47-31)38-22-19-25(40)36-34(38)45/h19,22,24,27-31,33,42-43H,4-18,20-21,23,35H2,1-3H3,(H,36,40,45)/t24-,27+,28+,29-,30+,31+,33-/m1/s1. The molecule has 0 bridgehead atoms. The van der Waals surface area contributed by atoms with E-state index in [-0.39, 0.29) is 24.9 Å². The highest BCUT2D eigenvalue weighted by Gasteiger charge is 2.58. The predicted octanol–water partition coefficient (Wildman–Crippen LogP) is 2.22. The summed E-state index contributed by atoms with van der Waals surface area (Å²) < 4.78 is 12.6. The van der Waals surface area contributed by atoms with Crippen LogP contribution < -0.4 is 17.0 Å². The number of nitrogens with two attached hydrogens (primary N) is 1. The Morgan fingerprint density at radius 1 is 0.917 bits per heavy atom. The number of carbonyl (C=O) groups is 2. The van der Waals surface area contributed by atoms with Crippen molar-refractivity contribution in [2.24, 2.45) is 11.7 Å². The maximum Gasteiger partial charge on any atom is 0.330 e. The van der Waals surface area contributed by atoms with Gasteiger partial charge < -0.3 is 30.3 Å².